The van der Waals surface area contributed by atoms with Crippen molar-refractivity contribution in [3.05, 3.63) is 46.0 Å². The van der Waals surface area contributed by atoms with E-state index in [2.05, 4.69) is 44.0 Å². The monoisotopic (exact) mass is 322 g/mol. The highest BCUT2D eigenvalue weighted by Crippen LogP contribution is 2.21. The molecule has 0 aromatic carbocycles. The molecule has 0 saturated carbocycles. The summed E-state index contributed by atoms with van der Waals surface area (Å²) in [5.41, 5.74) is 3.38. The fraction of sp³-hybridized carbons (Fsp3) is 0.429. The molecule has 0 spiro atoms. The van der Waals surface area contributed by atoms with Crippen molar-refractivity contribution in [1.29, 1.82) is 0 Å². The van der Waals surface area contributed by atoms with Crippen LogP contribution in [0.3, 0.4) is 0 Å². The molecule has 0 bridgehead atoms. The van der Waals surface area contributed by atoms with Crippen LogP contribution < -0.4 is 0 Å². The maximum Gasteiger partial charge on any atom is 0.0739 e. The van der Waals surface area contributed by atoms with Gasteiger partial charge in [0, 0.05) is 38.4 Å². The molecule has 0 aliphatic carbocycles. The number of aromatic nitrogens is 3. The molecule has 2 aromatic rings. The van der Waals surface area contributed by atoms with Crippen LogP contribution in [0.5, 0.6) is 0 Å². The van der Waals surface area contributed by atoms with Crippen LogP contribution in [0.15, 0.2) is 28.9 Å². The second kappa shape index (κ2) is 6.30. The van der Waals surface area contributed by atoms with Crippen LogP contribution in [-0.2, 0) is 20.0 Å². The Balaban J connectivity index is 1.92. The predicted octanol–water partition coefficient (Wildman–Crippen LogP) is 2.56. The van der Waals surface area contributed by atoms with Crippen molar-refractivity contribution in [1.82, 2.24) is 19.7 Å². The number of likely N-dealkylation sites (N-methyl/N-ethyl adjacent to an activating group) is 1. The van der Waals surface area contributed by atoms with Crippen molar-refractivity contribution >= 4 is 15.9 Å². The Morgan fingerprint density at radius 2 is 2.16 bits per heavy atom. The van der Waals surface area contributed by atoms with Crippen molar-refractivity contribution < 1.29 is 0 Å². The van der Waals surface area contributed by atoms with Gasteiger partial charge in [-0.3, -0.25) is 9.67 Å². The molecule has 0 atom stereocenters. The molecule has 4 nitrogen and oxygen atoms in total. The Morgan fingerprint density at radius 3 is 2.74 bits per heavy atom. The van der Waals surface area contributed by atoms with Crippen molar-refractivity contribution in [3.8, 4) is 0 Å². The highest BCUT2D eigenvalue weighted by Gasteiger charge is 2.12. The quantitative estimate of drug-likeness (QED) is 0.848. The molecule has 0 N–H and O–H groups in total. The molecule has 0 saturated heterocycles. The molecule has 0 unspecified atom stereocenters. The summed E-state index contributed by atoms with van der Waals surface area (Å²) in [5, 5.41) is 4.41. The van der Waals surface area contributed by atoms with Crippen molar-refractivity contribution in [2.75, 3.05) is 13.6 Å². The van der Waals surface area contributed by atoms with E-state index in [0.717, 1.165) is 35.4 Å². The number of hydrogen-bond acceptors (Lipinski definition) is 3. The van der Waals surface area contributed by atoms with Gasteiger partial charge in [0.25, 0.3) is 0 Å². The molecule has 0 fully saturated rings. The first-order chi connectivity index (χ1) is 9.08. The maximum atomic E-state index is 4.41. The second-order valence-corrected chi connectivity index (χ2v) is 5.57. The zero-order valence-corrected chi connectivity index (χ0v) is 13.2. The zero-order valence-electron chi connectivity index (χ0n) is 11.6. The summed E-state index contributed by atoms with van der Waals surface area (Å²) in [7, 11) is 4.11. The molecule has 2 rings (SSSR count). The normalized spacial score (nSPS) is 11.2. The minimum absolute atomic E-state index is 0.880. The van der Waals surface area contributed by atoms with Gasteiger partial charge in [-0.1, -0.05) is 6.07 Å². The van der Waals surface area contributed by atoms with E-state index in [-0.39, 0.29) is 0 Å². The van der Waals surface area contributed by atoms with E-state index in [9.17, 15) is 0 Å². The molecule has 19 heavy (non-hydrogen) atoms. The Bertz CT molecular complexity index is 536. The van der Waals surface area contributed by atoms with E-state index in [4.69, 9.17) is 0 Å². The van der Waals surface area contributed by atoms with Gasteiger partial charge in [0.1, 0.15) is 0 Å². The lowest BCUT2D eigenvalue weighted by Gasteiger charge is -2.16. The van der Waals surface area contributed by atoms with Crippen LogP contribution in [0.1, 0.15) is 17.1 Å². The first-order valence-corrected chi connectivity index (χ1v) is 7.13. The second-order valence-electron chi connectivity index (χ2n) is 4.78. The van der Waals surface area contributed by atoms with Gasteiger partial charge in [0.15, 0.2) is 0 Å². The summed E-state index contributed by atoms with van der Waals surface area (Å²) in [6, 6.07) is 6.05. The lowest BCUT2D eigenvalue weighted by molar-refractivity contribution is 0.319. The number of nitrogens with zero attached hydrogens (tertiary/aromatic N) is 4. The summed E-state index contributed by atoms with van der Waals surface area (Å²) in [5.74, 6) is 0. The number of halogens is 1. The summed E-state index contributed by atoms with van der Waals surface area (Å²) in [6.07, 6.45) is 2.81. The maximum absolute atomic E-state index is 4.41. The SMILES string of the molecule is Cc1nn(C)c(CN(C)CCc2ccccn2)c1Br. The molecule has 0 aliphatic heterocycles. The number of aryl methyl sites for hydroxylation is 2. The van der Waals surface area contributed by atoms with Gasteiger partial charge in [-0.05, 0) is 42.0 Å². The standard InChI is InChI=1S/C14H19BrN4/c1-11-14(15)13(19(3)17-11)10-18(2)9-7-12-6-4-5-8-16-12/h4-6,8H,7,9-10H2,1-3H3. The van der Waals surface area contributed by atoms with Gasteiger partial charge in [-0.15, -0.1) is 0 Å². The van der Waals surface area contributed by atoms with E-state index in [1.165, 1.54) is 5.69 Å². The number of rotatable bonds is 5. The lowest BCUT2D eigenvalue weighted by atomic mass is 10.2. The van der Waals surface area contributed by atoms with E-state index in [1.54, 1.807) is 0 Å². The minimum atomic E-state index is 0.880. The average Bonchev–Trinajstić information content (AvgIpc) is 2.64. The smallest absolute Gasteiger partial charge is 0.0739 e. The van der Waals surface area contributed by atoms with Gasteiger partial charge in [-0.2, -0.15) is 5.10 Å². The van der Waals surface area contributed by atoms with Crippen LogP contribution in [0.4, 0.5) is 0 Å². The Kier molecular flexibility index (Phi) is 4.71. The first-order valence-electron chi connectivity index (χ1n) is 6.34. The highest BCUT2D eigenvalue weighted by atomic mass is 79.9. The molecule has 2 aromatic heterocycles. The van der Waals surface area contributed by atoms with Crippen LogP contribution in [0, 0.1) is 6.92 Å². The summed E-state index contributed by atoms with van der Waals surface area (Å²) >= 11 is 3.60. The summed E-state index contributed by atoms with van der Waals surface area (Å²) in [6.45, 7) is 3.87. The Labute approximate surface area is 122 Å². The van der Waals surface area contributed by atoms with Gasteiger partial charge in [-0.25, -0.2) is 0 Å². The fourth-order valence-corrected chi connectivity index (χ4v) is 2.50. The average molecular weight is 323 g/mol. The minimum Gasteiger partial charge on any atom is -0.300 e. The van der Waals surface area contributed by atoms with Crippen LogP contribution >= 0.6 is 15.9 Å². The van der Waals surface area contributed by atoms with Crippen molar-refractivity contribution in [2.45, 2.75) is 19.9 Å². The van der Waals surface area contributed by atoms with Gasteiger partial charge in [0.05, 0.1) is 15.9 Å². The van der Waals surface area contributed by atoms with E-state index in [1.807, 2.05) is 37.0 Å². The molecular weight excluding hydrogens is 304 g/mol. The third kappa shape index (κ3) is 3.64. The first kappa shape index (κ1) is 14.2. The third-order valence-electron chi connectivity index (χ3n) is 3.16. The highest BCUT2D eigenvalue weighted by molar-refractivity contribution is 9.10. The molecule has 0 amide bonds. The van der Waals surface area contributed by atoms with Gasteiger partial charge < -0.3 is 4.90 Å². The third-order valence-corrected chi connectivity index (χ3v) is 4.19. The molecule has 2 heterocycles. The van der Waals surface area contributed by atoms with Gasteiger partial charge >= 0.3 is 0 Å². The van der Waals surface area contributed by atoms with Crippen molar-refractivity contribution in [3.63, 3.8) is 0 Å². The predicted molar refractivity (Wildman–Crippen MR) is 79.9 cm³/mol. The molecule has 0 aliphatic rings. The Hall–Kier alpha value is -1.20. The zero-order chi connectivity index (χ0) is 13.8. The van der Waals surface area contributed by atoms with E-state index < -0.39 is 0 Å². The van der Waals surface area contributed by atoms with Crippen molar-refractivity contribution in [2.24, 2.45) is 7.05 Å². The van der Waals surface area contributed by atoms with E-state index in [0.29, 0.717) is 0 Å². The molecule has 5 heteroatoms. The molecule has 0 radical (unpaired) electrons. The Morgan fingerprint density at radius 1 is 1.37 bits per heavy atom. The van der Waals surface area contributed by atoms with Crippen LogP contribution in [0.25, 0.3) is 0 Å². The lowest BCUT2D eigenvalue weighted by Crippen LogP contribution is -2.22. The molecule has 102 valence electrons. The summed E-state index contributed by atoms with van der Waals surface area (Å²) in [4.78, 5) is 6.63. The fourth-order valence-electron chi connectivity index (χ4n) is 2.04. The number of hydrogen-bond donors (Lipinski definition) is 0. The van der Waals surface area contributed by atoms with Crippen LogP contribution in [-0.4, -0.2) is 33.3 Å². The van der Waals surface area contributed by atoms with E-state index >= 15 is 0 Å². The largest absolute Gasteiger partial charge is 0.300 e. The molecular formula is C14H19BrN4. The van der Waals surface area contributed by atoms with Crippen LogP contribution in [0.2, 0.25) is 0 Å². The summed E-state index contributed by atoms with van der Waals surface area (Å²) < 4.78 is 3.05. The van der Waals surface area contributed by atoms with Gasteiger partial charge in [0.2, 0.25) is 0 Å². The topological polar surface area (TPSA) is 34.0 Å². The number of pyridine rings is 1.